The van der Waals surface area contributed by atoms with Crippen LogP contribution in [-0.4, -0.2) is 35.1 Å². The highest BCUT2D eigenvalue weighted by atomic mass is 32.2. The van der Waals surface area contributed by atoms with Gasteiger partial charge in [-0.25, -0.2) is 4.98 Å². The SMILES string of the molecule is COc1cccc(-c2nc3ccc(SC)nn3c2OC)c1. The monoisotopic (exact) mass is 301 g/mol. The second kappa shape index (κ2) is 5.65. The summed E-state index contributed by atoms with van der Waals surface area (Å²) in [7, 11) is 3.27. The quantitative estimate of drug-likeness (QED) is 0.693. The smallest absolute Gasteiger partial charge is 0.243 e. The predicted molar refractivity (Wildman–Crippen MR) is 83.3 cm³/mol. The van der Waals surface area contributed by atoms with Gasteiger partial charge in [-0.3, -0.25) is 0 Å². The first-order valence-electron chi connectivity index (χ1n) is 6.39. The molecule has 2 aromatic heterocycles. The van der Waals surface area contributed by atoms with Crippen molar-refractivity contribution in [2.24, 2.45) is 0 Å². The maximum atomic E-state index is 5.51. The Hall–Kier alpha value is -2.21. The molecule has 1 aromatic carbocycles. The van der Waals surface area contributed by atoms with E-state index in [1.165, 1.54) is 0 Å². The summed E-state index contributed by atoms with van der Waals surface area (Å²) in [4.78, 5) is 4.62. The minimum absolute atomic E-state index is 0.620. The molecule has 0 bridgehead atoms. The summed E-state index contributed by atoms with van der Waals surface area (Å²) in [5.41, 5.74) is 2.44. The Kier molecular flexibility index (Phi) is 3.70. The van der Waals surface area contributed by atoms with Crippen LogP contribution in [-0.2, 0) is 0 Å². The first kappa shape index (κ1) is 13.8. The highest BCUT2D eigenvalue weighted by molar-refractivity contribution is 7.98. The van der Waals surface area contributed by atoms with Crippen LogP contribution in [0.3, 0.4) is 0 Å². The number of hydrogen-bond donors (Lipinski definition) is 0. The van der Waals surface area contributed by atoms with Crippen molar-refractivity contribution in [3.05, 3.63) is 36.4 Å². The van der Waals surface area contributed by atoms with E-state index in [1.54, 1.807) is 30.5 Å². The topological polar surface area (TPSA) is 48.7 Å². The Morgan fingerprint density at radius 2 is 1.95 bits per heavy atom. The van der Waals surface area contributed by atoms with E-state index in [-0.39, 0.29) is 0 Å². The molecule has 0 saturated carbocycles. The Labute approximate surface area is 126 Å². The third-order valence-corrected chi connectivity index (χ3v) is 3.79. The molecule has 3 aromatic rings. The van der Waals surface area contributed by atoms with Crippen LogP contribution in [0, 0.1) is 0 Å². The van der Waals surface area contributed by atoms with E-state index in [0.29, 0.717) is 5.88 Å². The molecule has 0 spiro atoms. The summed E-state index contributed by atoms with van der Waals surface area (Å²) in [6.07, 6.45) is 1.99. The van der Waals surface area contributed by atoms with E-state index in [0.717, 1.165) is 27.7 Å². The molecule has 0 radical (unpaired) electrons. The number of nitrogens with zero attached hydrogens (tertiary/aromatic N) is 3. The van der Waals surface area contributed by atoms with E-state index >= 15 is 0 Å². The van der Waals surface area contributed by atoms with Gasteiger partial charge in [-0.15, -0.1) is 11.8 Å². The highest BCUT2D eigenvalue weighted by Gasteiger charge is 2.16. The van der Waals surface area contributed by atoms with Crippen molar-refractivity contribution >= 4 is 17.4 Å². The number of benzene rings is 1. The molecule has 108 valence electrons. The van der Waals surface area contributed by atoms with Gasteiger partial charge in [-0.05, 0) is 30.5 Å². The molecule has 0 aliphatic heterocycles. The molecule has 0 atom stereocenters. The molecule has 0 amide bonds. The summed E-state index contributed by atoms with van der Waals surface area (Å²) in [6, 6.07) is 11.6. The molecule has 0 N–H and O–H groups in total. The molecule has 21 heavy (non-hydrogen) atoms. The molecule has 0 unspecified atom stereocenters. The zero-order valence-corrected chi connectivity index (χ0v) is 12.8. The molecule has 0 fully saturated rings. The number of ether oxygens (including phenoxy) is 2. The van der Waals surface area contributed by atoms with Gasteiger partial charge in [0.2, 0.25) is 5.88 Å². The van der Waals surface area contributed by atoms with Crippen molar-refractivity contribution in [1.82, 2.24) is 14.6 Å². The number of hydrogen-bond acceptors (Lipinski definition) is 5. The lowest BCUT2D eigenvalue weighted by molar-refractivity contribution is 0.387. The Morgan fingerprint density at radius 3 is 2.67 bits per heavy atom. The maximum Gasteiger partial charge on any atom is 0.243 e. The number of rotatable bonds is 4. The lowest BCUT2D eigenvalue weighted by atomic mass is 10.1. The van der Waals surface area contributed by atoms with E-state index in [2.05, 4.69) is 10.1 Å². The summed E-state index contributed by atoms with van der Waals surface area (Å²) in [6.45, 7) is 0. The lowest BCUT2D eigenvalue weighted by Gasteiger charge is -2.05. The van der Waals surface area contributed by atoms with Gasteiger partial charge >= 0.3 is 0 Å². The Balaban J connectivity index is 2.21. The van der Waals surface area contributed by atoms with Gasteiger partial charge in [0.05, 0.1) is 14.2 Å². The van der Waals surface area contributed by atoms with Gasteiger partial charge in [0.25, 0.3) is 0 Å². The average Bonchev–Trinajstić information content (AvgIpc) is 2.92. The number of thioether (sulfide) groups is 1. The minimum Gasteiger partial charge on any atom is -0.497 e. The summed E-state index contributed by atoms with van der Waals surface area (Å²) >= 11 is 1.58. The van der Waals surface area contributed by atoms with Crippen molar-refractivity contribution in [2.45, 2.75) is 5.03 Å². The molecule has 2 heterocycles. The van der Waals surface area contributed by atoms with Crippen LogP contribution in [0.15, 0.2) is 41.4 Å². The molecule has 6 heteroatoms. The molecule has 3 rings (SSSR count). The third-order valence-electron chi connectivity index (χ3n) is 3.16. The minimum atomic E-state index is 0.620. The Morgan fingerprint density at radius 1 is 1.10 bits per heavy atom. The van der Waals surface area contributed by atoms with E-state index in [9.17, 15) is 0 Å². The lowest BCUT2D eigenvalue weighted by Crippen LogP contribution is -1.97. The molecule has 0 saturated heterocycles. The number of aromatic nitrogens is 3. The van der Waals surface area contributed by atoms with Gasteiger partial charge in [0, 0.05) is 5.56 Å². The van der Waals surface area contributed by atoms with Crippen molar-refractivity contribution in [2.75, 3.05) is 20.5 Å². The van der Waals surface area contributed by atoms with E-state index in [1.807, 2.05) is 42.7 Å². The zero-order chi connectivity index (χ0) is 14.8. The van der Waals surface area contributed by atoms with E-state index in [4.69, 9.17) is 9.47 Å². The molecule has 5 nitrogen and oxygen atoms in total. The third kappa shape index (κ3) is 2.42. The normalized spacial score (nSPS) is 10.8. The zero-order valence-electron chi connectivity index (χ0n) is 12.0. The summed E-state index contributed by atoms with van der Waals surface area (Å²) < 4.78 is 12.5. The van der Waals surface area contributed by atoms with Crippen LogP contribution >= 0.6 is 11.8 Å². The van der Waals surface area contributed by atoms with Crippen LogP contribution in [0.2, 0.25) is 0 Å². The largest absolute Gasteiger partial charge is 0.497 e. The predicted octanol–water partition coefficient (Wildman–Crippen LogP) is 3.14. The van der Waals surface area contributed by atoms with E-state index < -0.39 is 0 Å². The number of imidazole rings is 1. The summed E-state index contributed by atoms with van der Waals surface area (Å²) in [5, 5.41) is 5.43. The van der Waals surface area contributed by atoms with Crippen molar-refractivity contribution < 1.29 is 9.47 Å². The fraction of sp³-hybridized carbons (Fsp3) is 0.200. The van der Waals surface area contributed by atoms with Crippen LogP contribution in [0.4, 0.5) is 0 Å². The second-order valence-corrected chi connectivity index (χ2v) is 5.17. The van der Waals surface area contributed by atoms with Gasteiger partial charge in [0.15, 0.2) is 5.65 Å². The van der Waals surface area contributed by atoms with Crippen LogP contribution in [0.25, 0.3) is 16.9 Å². The first-order valence-corrected chi connectivity index (χ1v) is 7.61. The second-order valence-electron chi connectivity index (χ2n) is 4.35. The fourth-order valence-electron chi connectivity index (χ4n) is 2.15. The standard InChI is InChI=1S/C15H15N3O2S/c1-19-11-6-4-5-10(9-11)14-15(20-2)18-12(16-14)7-8-13(17-18)21-3/h4-9H,1-3H3. The molecule has 0 aliphatic rings. The first-order chi connectivity index (χ1) is 10.3. The van der Waals surface area contributed by atoms with Crippen LogP contribution in [0.5, 0.6) is 11.6 Å². The average molecular weight is 301 g/mol. The van der Waals surface area contributed by atoms with Crippen LogP contribution < -0.4 is 9.47 Å². The van der Waals surface area contributed by atoms with Crippen LogP contribution in [0.1, 0.15) is 0 Å². The Bertz CT molecular complexity index is 786. The van der Waals surface area contributed by atoms with Crippen molar-refractivity contribution in [3.8, 4) is 22.9 Å². The van der Waals surface area contributed by atoms with Crippen molar-refractivity contribution in [3.63, 3.8) is 0 Å². The fourth-order valence-corrected chi connectivity index (χ4v) is 2.51. The molecular weight excluding hydrogens is 286 g/mol. The van der Waals surface area contributed by atoms with Crippen molar-refractivity contribution in [1.29, 1.82) is 0 Å². The molecule has 0 aliphatic carbocycles. The number of methoxy groups -OCH3 is 2. The van der Waals surface area contributed by atoms with Gasteiger partial charge < -0.3 is 9.47 Å². The highest BCUT2D eigenvalue weighted by Crippen LogP contribution is 2.32. The van der Waals surface area contributed by atoms with Gasteiger partial charge in [-0.2, -0.15) is 9.61 Å². The maximum absolute atomic E-state index is 5.51. The van der Waals surface area contributed by atoms with Gasteiger partial charge in [-0.1, -0.05) is 12.1 Å². The summed E-state index contributed by atoms with van der Waals surface area (Å²) in [5.74, 6) is 1.40. The van der Waals surface area contributed by atoms with Gasteiger partial charge in [0.1, 0.15) is 16.5 Å². The number of fused-ring (bicyclic) bond motifs is 1. The molecular formula is C15H15N3O2S.